The number of nitrogens with zero attached hydrogens (tertiary/aromatic N) is 6. The molecule has 3 aliphatic carbocycles. The van der Waals surface area contributed by atoms with Crippen LogP contribution in [0.2, 0.25) is 0 Å². The van der Waals surface area contributed by atoms with Gasteiger partial charge in [-0.2, -0.15) is 0 Å². The van der Waals surface area contributed by atoms with Crippen molar-refractivity contribution in [3.63, 3.8) is 0 Å². The van der Waals surface area contributed by atoms with Crippen LogP contribution in [0.25, 0.3) is 22.5 Å². The Labute approximate surface area is 283 Å². The average molecular weight is 659 g/mol. The van der Waals surface area contributed by atoms with E-state index in [9.17, 15) is 14.7 Å². The summed E-state index contributed by atoms with van der Waals surface area (Å²) in [6, 6.07) is 24.4. The molecule has 3 aromatic carbocycles. The molecular weight excluding hydrogens is 620 g/mol. The molecule has 2 saturated carbocycles. The third kappa shape index (κ3) is 4.98. The Kier molecular flexibility index (Phi) is 7.66. The van der Waals surface area contributed by atoms with Crippen molar-refractivity contribution in [3.05, 3.63) is 102 Å². The highest BCUT2D eigenvalue weighted by molar-refractivity contribution is 6.03. The van der Waals surface area contributed by atoms with E-state index < -0.39 is 17.6 Å². The van der Waals surface area contributed by atoms with Gasteiger partial charge >= 0.3 is 17.6 Å². The zero-order valence-electron chi connectivity index (χ0n) is 27.5. The van der Waals surface area contributed by atoms with Gasteiger partial charge in [-0.25, -0.2) is 19.0 Å². The summed E-state index contributed by atoms with van der Waals surface area (Å²) in [6.45, 7) is 2.27. The maximum Gasteiger partial charge on any atom is 0.374 e. The second kappa shape index (κ2) is 12.1. The molecule has 0 radical (unpaired) electrons. The number of carbonyl (C=O) groups is 2. The summed E-state index contributed by atoms with van der Waals surface area (Å²) in [6.07, 6.45) is 8.63. The molecule has 0 spiro atoms. The van der Waals surface area contributed by atoms with Crippen molar-refractivity contribution in [2.24, 2.45) is 17.3 Å². The first kappa shape index (κ1) is 31.1. The predicted octanol–water partition coefficient (Wildman–Crippen LogP) is 5.40. The van der Waals surface area contributed by atoms with E-state index in [1.165, 1.54) is 25.1 Å². The first-order valence-corrected chi connectivity index (χ1v) is 16.9. The van der Waals surface area contributed by atoms with Gasteiger partial charge in [-0.1, -0.05) is 84.1 Å². The van der Waals surface area contributed by atoms with Gasteiger partial charge in [0.05, 0.1) is 25.6 Å². The summed E-state index contributed by atoms with van der Waals surface area (Å²) >= 11 is 0. The normalized spacial score (nSPS) is 24.4. The predicted molar refractivity (Wildman–Crippen MR) is 179 cm³/mol. The molecule has 0 saturated heterocycles. The van der Waals surface area contributed by atoms with E-state index in [-0.39, 0.29) is 11.5 Å². The number of aromatic nitrogens is 6. The number of aryl methyl sites for hydroxylation is 1. The van der Waals surface area contributed by atoms with Gasteiger partial charge in [0.1, 0.15) is 17.1 Å². The van der Waals surface area contributed by atoms with E-state index >= 15 is 0 Å². The monoisotopic (exact) mass is 658 g/mol. The Hall–Kier alpha value is -5.16. The van der Waals surface area contributed by atoms with Crippen LogP contribution in [0.3, 0.4) is 0 Å². The van der Waals surface area contributed by atoms with Crippen molar-refractivity contribution in [1.82, 2.24) is 30.0 Å². The smallest absolute Gasteiger partial charge is 0.374 e. The number of hydrogen-bond donors (Lipinski definition) is 1. The lowest BCUT2D eigenvalue weighted by atomic mass is 9.55. The lowest BCUT2D eigenvalue weighted by molar-refractivity contribution is -0.168. The first-order chi connectivity index (χ1) is 23.8. The van der Waals surface area contributed by atoms with E-state index in [1.807, 2.05) is 66.7 Å². The van der Waals surface area contributed by atoms with Crippen LogP contribution in [-0.4, -0.2) is 60.2 Å². The fraction of sp³-hybridized carbons (Fsp3) is 0.368. The zero-order chi connectivity index (χ0) is 33.8. The molecular formula is C38H38N6O5. The second-order valence-electron chi connectivity index (χ2n) is 13.8. The summed E-state index contributed by atoms with van der Waals surface area (Å²) in [5, 5.41) is 27.9. The van der Waals surface area contributed by atoms with Crippen LogP contribution in [0.4, 0.5) is 0 Å². The topological polar surface area (TPSA) is 134 Å². The molecule has 3 aliphatic rings. The van der Waals surface area contributed by atoms with Crippen LogP contribution in [0, 0.1) is 17.3 Å². The van der Waals surface area contributed by atoms with Crippen molar-refractivity contribution in [1.29, 1.82) is 0 Å². The Morgan fingerprint density at radius 2 is 1.47 bits per heavy atom. The zero-order valence-corrected chi connectivity index (χ0v) is 27.5. The summed E-state index contributed by atoms with van der Waals surface area (Å²) in [7, 11) is 1.20. The number of aliphatic hydroxyl groups excluding tert-OH is 1. The number of carbonyl (C=O) groups excluding carboxylic acids is 2. The van der Waals surface area contributed by atoms with Crippen molar-refractivity contribution in [2.45, 2.75) is 63.1 Å². The molecule has 5 atom stereocenters. The third-order valence-electron chi connectivity index (χ3n) is 11.4. The molecule has 0 aliphatic heterocycles. The molecule has 2 fully saturated rings. The first-order valence-electron chi connectivity index (χ1n) is 16.9. The number of esters is 2. The van der Waals surface area contributed by atoms with E-state index in [0.29, 0.717) is 34.9 Å². The Morgan fingerprint density at radius 1 is 0.837 bits per heavy atom. The fourth-order valence-corrected chi connectivity index (χ4v) is 8.80. The standard InChI is InChI=1S/C38H38N6O5/c1-37-20-19-29-28-16-14-27(21-26(28)13-15-30(29)31(37)17-18-34(37)45)49-36(47)38(35(46)48-2,43-22-32(39-41-43)24-9-5-3-6-10-24)44-23-33(40-42-44)25-11-7-4-8-12-25/h3-12,14,16,21-23,29-31,34,45H,13,15,17-20H2,1-2H3/t29-,30-,31+,34+,37+/m1/s1. The van der Waals surface area contributed by atoms with Crippen LogP contribution in [0.5, 0.6) is 5.75 Å². The maximum absolute atomic E-state index is 14.6. The minimum Gasteiger partial charge on any atom is -0.465 e. The highest BCUT2D eigenvalue weighted by Crippen LogP contribution is 2.61. The molecule has 2 heterocycles. The number of hydrogen-bond acceptors (Lipinski definition) is 9. The van der Waals surface area contributed by atoms with Gasteiger partial charge < -0.3 is 14.6 Å². The molecule has 5 aromatic rings. The van der Waals surface area contributed by atoms with Crippen LogP contribution < -0.4 is 4.74 Å². The van der Waals surface area contributed by atoms with Crippen LogP contribution in [0.1, 0.15) is 56.1 Å². The number of rotatable bonds is 7. The number of aliphatic hydroxyl groups is 1. The fourth-order valence-electron chi connectivity index (χ4n) is 8.80. The molecule has 250 valence electrons. The average Bonchev–Trinajstić information content (AvgIpc) is 3.90. The van der Waals surface area contributed by atoms with Crippen molar-refractivity contribution in [3.8, 4) is 28.3 Å². The van der Waals surface area contributed by atoms with Crippen LogP contribution in [0.15, 0.2) is 91.3 Å². The Balaban J connectivity index is 1.17. The second-order valence-corrected chi connectivity index (χ2v) is 13.8. The summed E-state index contributed by atoms with van der Waals surface area (Å²) in [4.78, 5) is 28.6. The van der Waals surface area contributed by atoms with Gasteiger partial charge in [0.2, 0.25) is 0 Å². The minimum absolute atomic E-state index is 0.00513. The minimum atomic E-state index is -2.37. The molecule has 11 nitrogen and oxygen atoms in total. The van der Waals surface area contributed by atoms with Crippen molar-refractivity contribution < 1.29 is 24.2 Å². The number of ether oxygens (including phenoxy) is 2. The molecule has 0 unspecified atom stereocenters. The third-order valence-corrected chi connectivity index (χ3v) is 11.4. The summed E-state index contributed by atoms with van der Waals surface area (Å²) in [5.74, 6) is -0.199. The van der Waals surface area contributed by atoms with Gasteiger partial charge in [0.25, 0.3) is 0 Å². The SMILES string of the molecule is COC(=O)C(C(=O)Oc1ccc2c(c1)CC[C@@H]1[C@@H]2CC[C@]2(C)[C@@H](O)CC[C@@H]12)(n1cc(-c2ccccc2)nn1)n1cc(-c2ccccc2)nn1. The van der Waals surface area contributed by atoms with Gasteiger partial charge in [0, 0.05) is 11.1 Å². The highest BCUT2D eigenvalue weighted by atomic mass is 16.6. The van der Waals surface area contributed by atoms with Crippen LogP contribution >= 0.6 is 0 Å². The van der Waals surface area contributed by atoms with E-state index in [0.717, 1.165) is 64.6 Å². The molecule has 11 heteroatoms. The molecule has 0 amide bonds. The number of fused-ring (bicyclic) bond motifs is 5. The largest absolute Gasteiger partial charge is 0.465 e. The van der Waals surface area contributed by atoms with E-state index in [4.69, 9.17) is 9.47 Å². The lowest BCUT2D eigenvalue weighted by Gasteiger charge is -2.50. The van der Waals surface area contributed by atoms with Crippen molar-refractivity contribution >= 4 is 11.9 Å². The molecule has 1 N–H and O–H groups in total. The molecule has 0 bridgehead atoms. The molecule has 2 aromatic heterocycles. The van der Waals surface area contributed by atoms with Gasteiger partial charge in [0.15, 0.2) is 0 Å². The molecule has 49 heavy (non-hydrogen) atoms. The van der Waals surface area contributed by atoms with Gasteiger partial charge in [-0.05, 0) is 85.0 Å². The summed E-state index contributed by atoms with van der Waals surface area (Å²) in [5.41, 5.74) is 2.41. The lowest BCUT2D eigenvalue weighted by Crippen LogP contribution is -2.58. The van der Waals surface area contributed by atoms with E-state index in [1.54, 1.807) is 6.07 Å². The Bertz CT molecular complexity index is 1930. The van der Waals surface area contributed by atoms with E-state index in [2.05, 4.69) is 33.6 Å². The number of methoxy groups -OCH3 is 1. The van der Waals surface area contributed by atoms with Gasteiger partial charge in [-0.3, -0.25) is 0 Å². The number of benzene rings is 3. The van der Waals surface area contributed by atoms with Crippen molar-refractivity contribution in [2.75, 3.05) is 7.11 Å². The van der Waals surface area contributed by atoms with Gasteiger partial charge in [-0.15, -0.1) is 10.2 Å². The van der Waals surface area contributed by atoms with Crippen LogP contribution in [-0.2, 0) is 26.4 Å². The Morgan fingerprint density at radius 3 is 2.08 bits per heavy atom. The quantitative estimate of drug-likeness (QED) is 0.139. The molecule has 8 rings (SSSR count). The summed E-state index contributed by atoms with van der Waals surface area (Å²) < 4.78 is 13.6. The maximum atomic E-state index is 14.6. The highest BCUT2D eigenvalue weighted by Gasteiger charge is 2.57.